The summed E-state index contributed by atoms with van der Waals surface area (Å²) < 4.78 is 61.0. The SMILES string of the molecule is Cc1cccc(Cl)c1S(=O)(=O)N1CC[C@H](CCCS(=O)(=O)N2CCC(Oc3ccncc3)CC2)C1. The van der Waals surface area contributed by atoms with Crippen LogP contribution < -0.4 is 4.74 Å². The molecule has 8 nitrogen and oxygen atoms in total. The molecule has 35 heavy (non-hydrogen) atoms. The van der Waals surface area contributed by atoms with E-state index in [1.807, 2.05) is 0 Å². The predicted molar refractivity (Wildman–Crippen MR) is 136 cm³/mol. The molecule has 11 heteroatoms. The summed E-state index contributed by atoms with van der Waals surface area (Å²) in [5.74, 6) is 0.969. The molecule has 0 unspecified atom stereocenters. The molecule has 2 fully saturated rings. The number of hydrogen-bond acceptors (Lipinski definition) is 6. The van der Waals surface area contributed by atoms with Crippen LogP contribution in [0.1, 0.15) is 37.7 Å². The van der Waals surface area contributed by atoms with Gasteiger partial charge in [-0.25, -0.2) is 21.1 Å². The maximum atomic E-state index is 13.1. The molecule has 0 radical (unpaired) electrons. The van der Waals surface area contributed by atoms with Crippen LogP contribution in [-0.2, 0) is 20.0 Å². The molecule has 1 atom stereocenters. The van der Waals surface area contributed by atoms with E-state index >= 15 is 0 Å². The first-order chi connectivity index (χ1) is 16.7. The van der Waals surface area contributed by atoms with E-state index in [-0.39, 0.29) is 27.7 Å². The molecule has 1 aromatic heterocycles. The molecular formula is C24H32ClN3O5S2. The normalized spacial score (nSPS) is 20.8. The van der Waals surface area contributed by atoms with Crippen LogP contribution in [0.15, 0.2) is 47.6 Å². The molecule has 0 spiro atoms. The molecule has 0 N–H and O–H groups in total. The summed E-state index contributed by atoms with van der Waals surface area (Å²) in [7, 11) is -7.02. The molecule has 2 aromatic rings. The van der Waals surface area contributed by atoms with E-state index < -0.39 is 20.0 Å². The average molecular weight is 542 g/mol. The van der Waals surface area contributed by atoms with Gasteiger partial charge in [-0.2, -0.15) is 4.31 Å². The van der Waals surface area contributed by atoms with Crippen LogP contribution >= 0.6 is 11.6 Å². The number of halogens is 1. The Bertz CT molecular complexity index is 1200. The van der Waals surface area contributed by atoms with Gasteiger partial charge in [0.2, 0.25) is 20.0 Å². The maximum absolute atomic E-state index is 13.1. The smallest absolute Gasteiger partial charge is 0.244 e. The molecule has 192 valence electrons. The molecule has 2 aliphatic heterocycles. The van der Waals surface area contributed by atoms with Crippen LogP contribution in [0.25, 0.3) is 0 Å². The van der Waals surface area contributed by atoms with Gasteiger partial charge in [-0.05, 0) is 68.7 Å². The lowest BCUT2D eigenvalue weighted by Crippen LogP contribution is -2.42. The van der Waals surface area contributed by atoms with Crippen LogP contribution in [0.2, 0.25) is 5.02 Å². The number of rotatable bonds is 9. The van der Waals surface area contributed by atoms with E-state index in [4.69, 9.17) is 16.3 Å². The fraction of sp³-hybridized carbons (Fsp3) is 0.542. The number of pyridine rings is 1. The van der Waals surface area contributed by atoms with Crippen molar-refractivity contribution in [2.75, 3.05) is 31.9 Å². The standard InChI is InChI=1S/C24H32ClN3O5S2/c1-19-4-2-6-23(25)24(19)35(31,32)28-14-9-20(18-28)5-3-17-34(29,30)27-15-10-22(11-16-27)33-21-7-12-26-13-8-21/h2,4,6-8,12-13,20,22H,3,5,9-11,14-18H2,1H3/t20-/m0/s1. The molecule has 0 aliphatic carbocycles. The van der Waals surface area contributed by atoms with Crippen molar-refractivity contribution in [2.45, 2.75) is 50.0 Å². The Morgan fingerprint density at radius 3 is 2.37 bits per heavy atom. The van der Waals surface area contributed by atoms with Crippen molar-refractivity contribution < 1.29 is 21.6 Å². The molecule has 0 bridgehead atoms. The number of aromatic nitrogens is 1. The summed E-state index contributed by atoms with van der Waals surface area (Å²) in [5, 5.41) is 0.231. The van der Waals surface area contributed by atoms with Gasteiger partial charge in [-0.1, -0.05) is 23.7 Å². The third-order valence-electron chi connectivity index (χ3n) is 6.77. The molecule has 4 rings (SSSR count). The van der Waals surface area contributed by atoms with Crippen LogP contribution in [0, 0.1) is 12.8 Å². The second-order valence-corrected chi connectivity index (χ2v) is 13.6. The zero-order valence-electron chi connectivity index (χ0n) is 19.8. The van der Waals surface area contributed by atoms with Gasteiger partial charge < -0.3 is 4.74 Å². The van der Waals surface area contributed by atoms with Crippen molar-refractivity contribution in [1.82, 2.24) is 13.6 Å². The van der Waals surface area contributed by atoms with Crippen molar-refractivity contribution >= 4 is 31.6 Å². The number of sulfonamides is 2. The lowest BCUT2D eigenvalue weighted by Gasteiger charge is -2.31. The molecule has 0 saturated carbocycles. The molecule has 2 aliphatic rings. The van der Waals surface area contributed by atoms with Crippen LogP contribution in [0.3, 0.4) is 0 Å². The van der Waals surface area contributed by atoms with Gasteiger partial charge in [0.05, 0.1) is 10.8 Å². The van der Waals surface area contributed by atoms with E-state index in [1.54, 1.807) is 54.0 Å². The Balaban J connectivity index is 1.24. The lowest BCUT2D eigenvalue weighted by molar-refractivity contribution is 0.135. The minimum atomic E-state index is -3.67. The van der Waals surface area contributed by atoms with Gasteiger partial charge >= 0.3 is 0 Å². The summed E-state index contributed by atoms with van der Waals surface area (Å²) in [5.41, 5.74) is 0.627. The Hall–Kier alpha value is -1.72. The largest absolute Gasteiger partial charge is 0.490 e. The van der Waals surface area contributed by atoms with Crippen LogP contribution in [0.4, 0.5) is 0 Å². The van der Waals surface area contributed by atoms with Gasteiger partial charge in [-0.3, -0.25) is 4.98 Å². The summed E-state index contributed by atoms with van der Waals surface area (Å²) in [6, 6.07) is 8.67. The molecule has 0 amide bonds. The van der Waals surface area contributed by atoms with Crippen LogP contribution in [-0.4, -0.2) is 68.5 Å². The first-order valence-electron chi connectivity index (χ1n) is 12.0. The van der Waals surface area contributed by atoms with Gasteiger partial charge in [0.1, 0.15) is 16.7 Å². The number of piperidine rings is 1. The third-order valence-corrected chi connectivity index (χ3v) is 11.2. The van der Waals surface area contributed by atoms with Gasteiger partial charge in [0.15, 0.2) is 0 Å². The fourth-order valence-corrected chi connectivity index (χ4v) is 8.72. The highest BCUT2D eigenvalue weighted by Gasteiger charge is 2.35. The third kappa shape index (κ3) is 6.35. The molecule has 1 aromatic carbocycles. The Morgan fingerprint density at radius 1 is 1.00 bits per heavy atom. The Labute approximate surface area is 213 Å². The monoisotopic (exact) mass is 541 g/mol. The minimum absolute atomic E-state index is 0.00275. The van der Waals surface area contributed by atoms with Gasteiger partial charge in [-0.15, -0.1) is 0 Å². The zero-order valence-corrected chi connectivity index (χ0v) is 22.2. The highest BCUT2D eigenvalue weighted by molar-refractivity contribution is 7.89. The van der Waals surface area contributed by atoms with Crippen molar-refractivity contribution in [2.24, 2.45) is 5.92 Å². The van der Waals surface area contributed by atoms with Crippen molar-refractivity contribution in [3.05, 3.63) is 53.3 Å². The van der Waals surface area contributed by atoms with E-state index in [0.29, 0.717) is 57.4 Å². The highest BCUT2D eigenvalue weighted by Crippen LogP contribution is 2.32. The summed E-state index contributed by atoms with van der Waals surface area (Å²) in [4.78, 5) is 4.14. The second-order valence-electron chi connectivity index (χ2n) is 9.26. The topological polar surface area (TPSA) is 96.9 Å². The summed E-state index contributed by atoms with van der Waals surface area (Å²) in [6.07, 6.45) is 6.56. The van der Waals surface area contributed by atoms with E-state index in [2.05, 4.69) is 4.98 Å². The van der Waals surface area contributed by atoms with Gasteiger partial charge in [0.25, 0.3) is 0 Å². The number of benzene rings is 1. The predicted octanol–water partition coefficient (Wildman–Crippen LogP) is 3.71. The Morgan fingerprint density at radius 2 is 1.69 bits per heavy atom. The maximum Gasteiger partial charge on any atom is 0.244 e. The number of aryl methyl sites for hydroxylation is 1. The quantitative estimate of drug-likeness (QED) is 0.480. The summed E-state index contributed by atoms with van der Waals surface area (Å²) >= 11 is 6.20. The highest BCUT2D eigenvalue weighted by atomic mass is 35.5. The van der Waals surface area contributed by atoms with E-state index in [0.717, 1.165) is 12.2 Å². The second kappa shape index (κ2) is 11.1. The first kappa shape index (κ1) is 26.3. The Kier molecular flexibility index (Phi) is 8.38. The van der Waals surface area contributed by atoms with Crippen molar-refractivity contribution in [1.29, 1.82) is 0 Å². The molecule has 2 saturated heterocycles. The minimum Gasteiger partial charge on any atom is -0.490 e. The van der Waals surface area contributed by atoms with E-state index in [9.17, 15) is 16.8 Å². The van der Waals surface area contributed by atoms with Crippen molar-refractivity contribution in [3.63, 3.8) is 0 Å². The number of ether oxygens (including phenoxy) is 1. The fourth-order valence-electron chi connectivity index (χ4n) is 4.84. The number of hydrogen-bond donors (Lipinski definition) is 0. The summed E-state index contributed by atoms with van der Waals surface area (Å²) in [6.45, 7) is 3.46. The first-order valence-corrected chi connectivity index (χ1v) is 15.4. The van der Waals surface area contributed by atoms with Crippen LogP contribution in [0.5, 0.6) is 5.75 Å². The number of nitrogens with zero attached hydrogens (tertiary/aromatic N) is 3. The van der Waals surface area contributed by atoms with E-state index in [1.165, 1.54) is 4.31 Å². The van der Waals surface area contributed by atoms with Crippen molar-refractivity contribution in [3.8, 4) is 5.75 Å². The average Bonchev–Trinajstić information content (AvgIpc) is 3.30. The van der Waals surface area contributed by atoms with Gasteiger partial charge in [0, 0.05) is 38.6 Å². The lowest BCUT2D eigenvalue weighted by atomic mass is 10.0. The molecule has 3 heterocycles. The zero-order chi connectivity index (χ0) is 25.1. The molecular weight excluding hydrogens is 510 g/mol.